The third-order valence-electron chi connectivity index (χ3n) is 5.08. The van der Waals surface area contributed by atoms with Crippen molar-refractivity contribution in [2.24, 2.45) is 0 Å². The zero-order valence-electron chi connectivity index (χ0n) is 18.1. The SMILES string of the molecule is CCCCCCCCCCCCCCCCOC(=O)Oc1cc(C)ccc1N. The third kappa shape index (κ3) is 12.6. The highest BCUT2D eigenvalue weighted by atomic mass is 16.7. The van der Waals surface area contributed by atoms with Crippen LogP contribution in [0.15, 0.2) is 18.2 Å². The first-order valence-corrected chi connectivity index (χ1v) is 11.3. The molecule has 0 bridgehead atoms. The largest absolute Gasteiger partial charge is 0.513 e. The van der Waals surface area contributed by atoms with Crippen molar-refractivity contribution in [1.82, 2.24) is 0 Å². The van der Waals surface area contributed by atoms with Crippen LogP contribution in [0.2, 0.25) is 0 Å². The van der Waals surface area contributed by atoms with Crippen LogP contribution in [0.1, 0.15) is 102 Å². The van der Waals surface area contributed by atoms with E-state index in [4.69, 9.17) is 15.2 Å². The first kappa shape index (κ1) is 24.3. The minimum atomic E-state index is -0.674. The molecule has 0 spiro atoms. The number of aryl methyl sites for hydroxylation is 1. The molecule has 0 saturated heterocycles. The van der Waals surface area contributed by atoms with Crippen LogP contribution in [-0.2, 0) is 4.74 Å². The summed E-state index contributed by atoms with van der Waals surface area (Å²) in [5.74, 6) is 0.367. The molecule has 160 valence electrons. The molecule has 1 aromatic carbocycles. The molecule has 0 unspecified atom stereocenters. The summed E-state index contributed by atoms with van der Waals surface area (Å²) >= 11 is 0. The van der Waals surface area contributed by atoms with Gasteiger partial charge in [-0.25, -0.2) is 4.79 Å². The Kier molecular flexibility index (Phi) is 14.1. The number of benzene rings is 1. The number of nitrogens with two attached hydrogens (primary N) is 1. The highest BCUT2D eigenvalue weighted by molar-refractivity contribution is 5.68. The minimum absolute atomic E-state index is 0.367. The van der Waals surface area contributed by atoms with Crippen molar-refractivity contribution in [1.29, 1.82) is 0 Å². The molecule has 4 heteroatoms. The molecule has 0 heterocycles. The van der Waals surface area contributed by atoms with Crippen molar-refractivity contribution < 1.29 is 14.3 Å². The summed E-state index contributed by atoms with van der Waals surface area (Å²) in [6, 6.07) is 5.34. The molecular formula is C24H41NO3. The fourth-order valence-electron chi connectivity index (χ4n) is 3.30. The molecule has 2 N–H and O–H groups in total. The van der Waals surface area contributed by atoms with Gasteiger partial charge in [-0.3, -0.25) is 0 Å². The van der Waals surface area contributed by atoms with Gasteiger partial charge in [0.15, 0.2) is 5.75 Å². The molecule has 0 aliphatic heterocycles. The Balaban J connectivity index is 1.87. The second-order valence-electron chi connectivity index (χ2n) is 7.84. The van der Waals surface area contributed by atoms with Gasteiger partial charge < -0.3 is 15.2 Å². The van der Waals surface area contributed by atoms with E-state index in [-0.39, 0.29) is 0 Å². The number of anilines is 1. The van der Waals surface area contributed by atoms with E-state index in [0.717, 1.165) is 18.4 Å². The molecule has 0 atom stereocenters. The predicted molar refractivity (Wildman–Crippen MR) is 118 cm³/mol. The van der Waals surface area contributed by atoms with E-state index in [1.165, 1.54) is 77.0 Å². The maximum Gasteiger partial charge on any atom is 0.513 e. The lowest BCUT2D eigenvalue weighted by atomic mass is 10.0. The normalized spacial score (nSPS) is 10.8. The topological polar surface area (TPSA) is 61.5 Å². The predicted octanol–water partition coefficient (Wildman–Crippen LogP) is 7.57. The summed E-state index contributed by atoms with van der Waals surface area (Å²) in [6.07, 6.45) is 17.6. The second-order valence-corrected chi connectivity index (χ2v) is 7.84. The molecule has 0 saturated carbocycles. The Morgan fingerprint density at radius 2 is 1.32 bits per heavy atom. The lowest BCUT2D eigenvalue weighted by Crippen LogP contribution is -2.12. The number of ether oxygens (including phenoxy) is 2. The van der Waals surface area contributed by atoms with Crippen LogP contribution in [0.25, 0.3) is 0 Å². The molecule has 4 nitrogen and oxygen atoms in total. The summed E-state index contributed by atoms with van der Waals surface area (Å²) in [4.78, 5) is 11.7. The zero-order valence-corrected chi connectivity index (χ0v) is 18.1. The van der Waals surface area contributed by atoms with Gasteiger partial charge in [0.05, 0.1) is 12.3 Å². The van der Waals surface area contributed by atoms with Crippen LogP contribution < -0.4 is 10.5 Å². The average molecular weight is 392 g/mol. The summed E-state index contributed by atoms with van der Waals surface area (Å²) in [5.41, 5.74) is 7.22. The summed E-state index contributed by atoms with van der Waals surface area (Å²) < 4.78 is 10.3. The van der Waals surface area contributed by atoms with Crippen LogP contribution >= 0.6 is 0 Å². The fourth-order valence-corrected chi connectivity index (χ4v) is 3.30. The Morgan fingerprint density at radius 1 is 0.821 bits per heavy atom. The Bertz CT molecular complexity index is 531. The first-order valence-electron chi connectivity index (χ1n) is 11.3. The Morgan fingerprint density at radius 3 is 1.86 bits per heavy atom. The minimum Gasteiger partial charge on any atom is -0.434 e. The molecule has 28 heavy (non-hydrogen) atoms. The van der Waals surface area contributed by atoms with E-state index in [9.17, 15) is 4.79 Å². The summed E-state index contributed by atoms with van der Waals surface area (Å²) in [5, 5.41) is 0. The van der Waals surface area contributed by atoms with Crippen molar-refractivity contribution in [3.63, 3.8) is 0 Å². The number of carbonyl (C=O) groups is 1. The van der Waals surface area contributed by atoms with Crippen molar-refractivity contribution >= 4 is 11.8 Å². The Labute approximate surface area is 172 Å². The number of hydrogen-bond acceptors (Lipinski definition) is 4. The molecule has 0 aliphatic carbocycles. The quantitative estimate of drug-likeness (QED) is 0.137. The van der Waals surface area contributed by atoms with Gasteiger partial charge in [0.2, 0.25) is 0 Å². The van der Waals surface area contributed by atoms with E-state index in [1.807, 2.05) is 13.0 Å². The smallest absolute Gasteiger partial charge is 0.434 e. The van der Waals surface area contributed by atoms with Gasteiger partial charge in [-0.2, -0.15) is 0 Å². The Hall–Kier alpha value is -1.71. The van der Waals surface area contributed by atoms with Gasteiger partial charge in [-0.15, -0.1) is 0 Å². The monoisotopic (exact) mass is 391 g/mol. The van der Waals surface area contributed by atoms with Gasteiger partial charge in [0.25, 0.3) is 0 Å². The van der Waals surface area contributed by atoms with Crippen molar-refractivity contribution in [3.05, 3.63) is 23.8 Å². The van der Waals surface area contributed by atoms with E-state index in [0.29, 0.717) is 18.0 Å². The van der Waals surface area contributed by atoms with Crippen LogP contribution in [0, 0.1) is 6.92 Å². The lowest BCUT2D eigenvalue weighted by molar-refractivity contribution is 0.0975. The maximum atomic E-state index is 11.7. The number of nitrogen functional groups attached to an aromatic ring is 1. The molecule has 1 rings (SSSR count). The van der Waals surface area contributed by atoms with Crippen LogP contribution in [0.4, 0.5) is 10.5 Å². The summed E-state index contributed by atoms with van der Waals surface area (Å²) in [6.45, 7) is 4.60. The molecular weight excluding hydrogens is 350 g/mol. The molecule has 0 aromatic heterocycles. The number of carbonyl (C=O) groups excluding carboxylic acids is 1. The van der Waals surface area contributed by atoms with E-state index in [1.54, 1.807) is 12.1 Å². The molecule has 1 aromatic rings. The third-order valence-corrected chi connectivity index (χ3v) is 5.08. The van der Waals surface area contributed by atoms with E-state index in [2.05, 4.69) is 6.92 Å². The van der Waals surface area contributed by atoms with Gasteiger partial charge >= 0.3 is 6.16 Å². The standard InChI is InChI=1S/C24H41NO3/c1-3-4-5-6-7-8-9-10-11-12-13-14-15-16-19-27-24(26)28-23-20-21(2)17-18-22(23)25/h17-18,20H,3-16,19,25H2,1-2H3. The molecule has 0 fully saturated rings. The van der Waals surface area contributed by atoms with Gasteiger partial charge in [-0.05, 0) is 31.0 Å². The molecule has 0 amide bonds. The fraction of sp³-hybridized carbons (Fsp3) is 0.708. The highest BCUT2D eigenvalue weighted by Gasteiger charge is 2.09. The summed E-state index contributed by atoms with van der Waals surface area (Å²) in [7, 11) is 0. The zero-order chi connectivity index (χ0) is 20.5. The van der Waals surface area contributed by atoms with Crippen LogP contribution in [-0.4, -0.2) is 12.8 Å². The van der Waals surface area contributed by atoms with Crippen molar-refractivity contribution in [2.45, 2.75) is 104 Å². The highest BCUT2D eigenvalue weighted by Crippen LogP contribution is 2.22. The van der Waals surface area contributed by atoms with Crippen LogP contribution in [0.3, 0.4) is 0 Å². The van der Waals surface area contributed by atoms with Crippen molar-refractivity contribution in [3.8, 4) is 5.75 Å². The van der Waals surface area contributed by atoms with Gasteiger partial charge in [0.1, 0.15) is 0 Å². The van der Waals surface area contributed by atoms with E-state index < -0.39 is 6.16 Å². The van der Waals surface area contributed by atoms with Crippen LogP contribution in [0.5, 0.6) is 5.75 Å². The number of unbranched alkanes of at least 4 members (excludes halogenated alkanes) is 13. The van der Waals surface area contributed by atoms with Gasteiger partial charge in [-0.1, -0.05) is 96.5 Å². The lowest BCUT2D eigenvalue weighted by Gasteiger charge is -2.08. The molecule has 0 radical (unpaired) electrons. The second kappa shape index (κ2) is 16.3. The molecule has 0 aliphatic rings. The van der Waals surface area contributed by atoms with Crippen molar-refractivity contribution in [2.75, 3.05) is 12.3 Å². The number of hydrogen-bond donors (Lipinski definition) is 1. The average Bonchev–Trinajstić information content (AvgIpc) is 2.67. The maximum absolute atomic E-state index is 11.7. The number of rotatable bonds is 16. The van der Waals surface area contributed by atoms with E-state index >= 15 is 0 Å². The van der Waals surface area contributed by atoms with Gasteiger partial charge in [0, 0.05) is 0 Å². The first-order chi connectivity index (χ1) is 13.6.